The fraction of sp³-hybridized carbons (Fsp3) is 0.600. The summed E-state index contributed by atoms with van der Waals surface area (Å²) in [7, 11) is 0. The summed E-state index contributed by atoms with van der Waals surface area (Å²) in [5.41, 5.74) is 1.30. The third kappa shape index (κ3) is 5.84. The second kappa shape index (κ2) is 10.7. The summed E-state index contributed by atoms with van der Waals surface area (Å²) in [5, 5.41) is 10.7. The molecular weight excluding hydrogens is 438 g/mol. The minimum absolute atomic E-state index is 0.187. The van der Waals surface area contributed by atoms with Crippen molar-refractivity contribution in [3.8, 4) is 0 Å². The second-order valence-corrected chi connectivity index (χ2v) is 10.0. The van der Waals surface area contributed by atoms with Crippen LogP contribution in [0.5, 0.6) is 0 Å². The number of anilines is 1. The van der Waals surface area contributed by atoms with Gasteiger partial charge in [0.2, 0.25) is 5.95 Å². The van der Waals surface area contributed by atoms with Crippen molar-refractivity contribution in [3.63, 3.8) is 0 Å². The Morgan fingerprint density at radius 2 is 1.76 bits per heavy atom. The van der Waals surface area contributed by atoms with E-state index in [9.17, 15) is 5.11 Å². The van der Waals surface area contributed by atoms with Crippen molar-refractivity contribution < 1.29 is 9.84 Å². The number of likely N-dealkylation sites (tertiary alicyclic amines) is 1. The summed E-state index contributed by atoms with van der Waals surface area (Å²) in [6.45, 7) is 6.26. The molecule has 2 aromatic rings. The number of aliphatic hydroxyl groups is 1. The van der Waals surface area contributed by atoms with Crippen molar-refractivity contribution in [2.75, 3.05) is 50.8 Å². The van der Waals surface area contributed by atoms with Crippen LogP contribution in [-0.4, -0.2) is 95.0 Å². The average molecular weight is 472 g/mol. The maximum atomic E-state index is 9.91. The maximum Gasteiger partial charge on any atom is 0.225 e. The molecule has 0 saturated carbocycles. The van der Waals surface area contributed by atoms with E-state index in [1.54, 1.807) is 0 Å². The summed E-state index contributed by atoms with van der Waals surface area (Å²) < 4.78 is 6.37. The fourth-order valence-corrected chi connectivity index (χ4v) is 5.65. The molecule has 5 rings (SSSR count). The van der Waals surface area contributed by atoms with Gasteiger partial charge in [-0.05, 0) is 49.4 Å². The van der Waals surface area contributed by atoms with Crippen LogP contribution in [0.2, 0.25) is 5.02 Å². The zero-order valence-corrected chi connectivity index (χ0v) is 19.9. The molecule has 178 valence electrons. The number of benzene rings is 1. The Kier molecular flexibility index (Phi) is 7.43. The number of β-amino-alcohol motifs (C(OH)–C–C–N with tert-alkyl or cyclic N) is 1. The normalized spacial score (nSPS) is 27.8. The number of rotatable bonds is 6. The molecule has 3 fully saturated rings. The van der Waals surface area contributed by atoms with Crippen molar-refractivity contribution in [1.82, 2.24) is 19.8 Å². The van der Waals surface area contributed by atoms with Crippen LogP contribution in [-0.2, 0) is 11.2 Å². The first-order valence-electron chi connectivity index (χ1n) is 12.2. The molecule has 7 nitrogen and oxygen atoms in total. The molecule has 3 aliphatic heterocycles. The van der Waals surface area contributed by atoms with E-state index in [0.717, 1.165) is 82.5 Å². The maximum absolute atomic E-state index is 9.91. The third-order valence-electron chi connectivity index (χ3n) is 7.27. The lowest BCUT2D eigenvalue weighted by Crippen LogP contribution is -2.58. The standard InChI is InChI=1S/C25H34ClN5O2/c26-20-4-2-19(3-5-20)14-22-18-33-24(16-29-11-8-23(32)15-29)17-31(22)21-6-12-30(13-7-21)25-27-9-1-10-28-25/h1-5,9-10,21-24,32H,6-8,11-18H2/t22-,23?,24-/m0/s1. The van der Waals surface area contributed by atoms with Gasteiger partial charge in [-0.3, -0.25) is 9.80 Å². The van der Waals surface area contributed by atoms with E-state index in [2.05, 4.69) is 36.8 Å². The monoisotopic (exact) mass is 471 g/mol. The fourth-order valence-electron chi connectivity index (χ4n) is 5.52. The van der Waals surface area contributed by atoms with E-state index < -0.39 is 0 Å². The topological polar surface area (TPSA) is 65.0 Å². The molecule has 3 saturated heterocycles. The summed E-state index contributed by atoms with van der Waals surface area (Å²) in [4.78, 5) is 16.2. The second-order valence-electron chi connectivity index (χ2n) is 9.61. The van der Waals surface area contributed by atoms with Crippen LogP contribution in [0.4, 0.5) is 5.95 Å². The van der Waals surface area contributed by atoms with E-state index >= 15 is 0 Å². The molecule has 1 aromatic carbocycles. The molecule has 8 heteroatoms. The first kappa shape index (κ1) is 23.0. The molecule has 4 heterocycles. The summed E-state index contributed by atoms with van der Waals surface area (Å²) >= 11 is 6.11. The predicted octanol–water partition coefficient (Wildman–Crippen LogP) is 2.48. The van der Waals surface area contributed by atoms with Gasteiger partial charge in [0.1, 0.15) is 0 Å². The van der Waals surface area contributed by atoms with Crippen LogP contribution in [0.25, 0.3) is 0 Å². The molecule has 0 radical (unpaired) electrons. The van der Waals surface area contributed by atoms with Gasteiger partial charge in [0.05, 0.1) is 18.8 Å². The predicted molar refractivity (Wildman–Crippen MR) is 130 cm³/mol. The molecule has 3 aliphatic rings. The molecule has 0 aliphatic carbocycles. The molecular formula is C25H34ClN5O2. The van der Waals surface area contributed by atoms with Gasteiger partial charge in [-0.15, -0.1) is 0 Å². The van der Waals surface area contributed by atoms with Crippen molar-refractivity contribution in [2.45, 2.75) is 50.0 Å². The van der Waals surface area contributed by atoms with Gasteiger partial charge in [-0.2, -0.15) is 0 Å². The number of hydrogen-bond donors (Lipinski definition) is 1. The zero-order valence-electron chi connectivity index (χ0n) is 19.1. The van der Waals surface area contributed by atoms with Crippen LogP contribution in [0, 0.1) is 0 Å². The van der Waals surface area contributed by atoms with E-state index in [1.165, 1.54) is 5.56 Å². The number of halogens is 1. The van der Waals surface area contributed by atoms with Crippen molar-refractivity contribution in [1.29, 1.82) is 0 Å². The largest absolute Gasteiger partial charge is 0.392 e. The van der Waals surface area contributed by atoms with Crippen molar-refractivity contribution in [3.05, 3.63) is 53.3 Å². The zero-order chi connectivity index (χ0) is 22.6. The summed E-state index contributed by atoms with van der Waals surface area (Å²) in [6.07, 6.45) is 7.68. The number of aromatic nitrogens is 2. The summed E-state index contributed by atoms with van der Waals surface area (Å²) in [5.74, 6) is 0.834. The Morgan fingerprint density at radius 1 is 1.00 bits per heavy atom. The Bertz CT molecular complexity index is 878. The van der Waals surface area contributed by atoms with Gasteiger partial charge in [0.25, 0.3) is 0 Å². The Labute approximate surface area is 201 Å². The highest BCUT2D eigenvalue weighted by molar-refractivity contribution is 6.30. The number of morpholine rings is 1. The number of aliphatic hydroxyl groups excluding tert-OH is 1. The SMILES string of the molecule is OC1CCN(C[C@H]2CN(C3CCN(c4ncccn4)CC3)[C@@H](Cc3ccc(Cl)cc3)CO2)C1. The van der Waals surface area contributed by atoms with Crippen LogP contribution in [0.15, 0.2) is 42.7 Å². The minimum Gasteiger partial charge on any atom is -0.392 e. The number of ether oxygens (including phenoxy) is 1. The van der Waals surface area contributed by atoms with E-state index in [0.29, 0.717) is 12.1 Å². The van der Waals surface area contributed by atoms with E-state index in [1.807, 2.05) is 30.6 Å². The minimum atomic E-state index is -0.188. The Morgan fingerprint density at radius 3 is 2.45 bits per heavy atom. The van der Waals surface area contributed by atoms with Crippen molar-refractivity contribution in [2.24, 2.45) is 0 Å². The van der Waals surface area contributed by atoms with Gasteiger partial charge < -0.3 is 14.7 Å². The van der Waals surface area contributed by atoms with E-state index in [4.69, 9.17) is 16.3 Å². The van der Waals surface area contributed by atoms with Crippen LogP contribution in [0.1, 0.15) is 24.8 Å². The molecule has 1 unspecified atom stereocenters. The average Bonchev–Trinajstić information content (AvgIpc) is 3.26. The molecule has 0 bridgehead atoms. The van der Waals surface area contributed by atoms with E-state index in [-0.39, 0.29) is 12.2 Å². The van der Waals surface area contributed by atoms with Gasteiger partial charge in [-0.1, -0.05) is 23.7 Å². The Hall–Kier alpha value is -1.77. The molecule has 33 heavy (non-hydrogen) atoms. The van der Waals surface area contributed by atoms with Crippen LogP contribution < -0.4 is 4.90 Å². The number of piperidine rings is 1. The quantitative estimate of drug-likeness (QED) is 0.694. The highest BCUT2D eigenvalue weighted by Crippen LogP contribution is 2.27. The van der Waals surface area contributed by atoms with Gasteiger partial charge >= 0.3 is 0 Å². The molecule has 1 aromatic heterocycles. The van der Waals surface area contributed by atoms with Gasteiger partial charge in [0, 0.05) is 68.8 Å². The van der Waals surface area contributed by atoms with Gasteiger partial charge in [-0.25, -0.2) is 9.97 Å². The lowest BCUT2D eigenvalue weighted by atomic mass is 9.96. The lowest BCUT2D eigenvalue weighted by molar-refractivity contribution is -0.0901. The smallest absolute Gasteiger partial charge is 0.225 e. The highest BCUT2D eigenvalue weighted by Gasteiger charge is 2.37. The van der Waals surface area contributed by atoms with Crippen LogP contribution >= 0.6 is 11.6 Å². The molecule has 1 N–H and O–H groups in total. The number of nitrogens with zero attached hydrogens (tertiary/aromatic N) is 5. The molecule has 3 atom stereocenters. The van der Waals surface area contributed by atoms with Crippen molar-refractivity contribution >= 4 is 17.5 Å². The first-order chi connectivity index (χ1) is 16.1. The first-order valence-corrected chi connectivity index (χ1v) is 12.6. The Balaban J connectivity index is 1.25. The molecule has 0 spiro atoms. The van der Waals surface area contributed by atoms with Crippen LogP contribution in [0.3, 0.4) is 0 Å². The summed E-state index contributed by atoms with van der Waals surface area (Å²) in [6, 6.07) is 11.0. The molecule has 0 amide bonds. The highest BCUT2D eigenvalue weighted by atomic mass is 35.5. The van der Waals surface area contributed by atoms with Gasteiger partial charge in [0.15, 0.2) is 0 Å². The number of hydrogen-bond acceptors (Lipinski definition) is 7. The third-order valence-corrected chi connectivity index (χ3v) is 7.52. The lowest BCUT2D eigenvalue weighted by Gasteiger charge is -2.47.